The summed E-state index contributed by atoms with van der Waals surface area (Å²) in [5.74, 6) is -0.201. The highest BCUT2D eigenvalue weighted by atomic mass is 16.6. The monoisotopic (exact) mass is 850 g/mol. The van der Waals surface area contributed by atoms with Crippen molar-refractivity contribution in [3.05, 3.63) is 94.5 Å². The van der Waals surface area contributed by atoms with E-state index in [-0.39, 0.29) is 54.8 Å². The van der Waals surface area contributed by atoms with Gasteiger partial charge < -0.3 is 44.0 Å². The molecule has 0 saturated carbocycles. The van der Waals surface area contributed by atoms with Gasteiger partial charge in [0.25, 0.3) is 11.8 Å². The first-order valence-corrected chi connectivity index (χ1v) is 22.2. The molecule has 14 nitrogen and oxygen atoms in total. The molecule has 3 fully saturated rings. The van der Waals surface area contributed by atoms with Crippen molar-refractivity contribution < 1.29 is 38.2 Å². The zero-order valence-electron chi connectivity index (χ0n) is 36.7. The Bertz CT molecular complexity index is 2030. The number of nitrogens with zero attached hydrogens (tertiary/aromatic N) is 5. The predicted molar refractivity (Wildman–Crippen MR) is 235 cm³/mol. The van der Waals surface area contributed by atoms with Gasteiger partial charge in [-0.05, 0) is 106 Å². The van der Waals surface area contributed by atoms with E-state index in [4.69, 9.17) is 14.2 Å². The second-order valence-corrected chi connectivity index (χ2v) is 17.4. The number of ether oxygens (including phenoxy) is 3. The van der Waals surface area contributed by atoms with Gasteiger partial charge in [0.15, 0.2) is 12.7 Å². The fourth-order valence-corrected chi connectivity index (χ4v) is 9.34. The fourth-order valence-electron chi connectivity index (χ4n) is 9.34. The minimum Gasteiger partial charge on any atom is -0.488 e. The summed E-state index contributed by atoms with van der Waals surface area (Å²) < 4.78 is 17.8. The van der Waals surface area contributed by atoms with Gasteiger partial charge in [0.1, 0.15) is 12.4 Å². The van der Waals surface area contributed by atoms with Crippen LogP contribution >= 0.6 is 0 Å². The Hall–Kier alpha value is -5.63. The van der Waals surface area contributed by atoms with Crippen molar-refractivity contribution in [2.45, 2.75) is 90.0 Å². The highest BCUT2D eigenvalue weighted by molar-refractivity contribution is 5.91. The molecule has 5 amide bonds. The number of nitrogens with one attached hydrogen (secondary N) is 1. The van der Waals surface area contributed by atoms with Gasteiger partial charge in [0.05, 0.1) is 5.92 Å². The van der Waals surface area contributed by atoms with Gasteiger partial charge in [-0.1, -0.05) is 60.7 Å². The van der Waals surface area contributed by atoms with Crippen LogP contribution in [0.1, 0.15) is 66.3 Å². The Labute approximate surface area is 365 Å². The number of piperidine rings is 3. The van der Waals surface area contributed by atoms with E-state index in [1.165, 1.54) is 4.90 Å². The van der Waals surface area contributed by atoms with Gasteiger partial charge in [-0.15, -0.1) is 0 Å². The number of anilines is 1. The van der Waals surface area contributed by atoms with Gasteiger partial charge in [-0.2, -0.15) is 0 Å². The lowest BCUT2D eigenvalue weighted by molar-refractivity contribution is -0.156. The van der Waals surface area contributed by atoms with Crippen molar-refractivity contribution in [1.29, 1.82) is 0 Å². The summed E-state index contributed by atoms with van der Waals surface area (Å²) in [5.41, 5.74) is 5.79. The van der Waals surface area contributed by atoms with E-state index < -0.39 is 12.2 Å². The van der Waals surface area contributed by atoms with E-state index in [1.807, 2.05) is 90.4 Å². The second kappa shape index (κ2) is 20.5. The van der Waals surface area contributed by atoms with Crippen LogP contribution in [0, 0.1) is 19.8 Å². The zero-order chi connectivity index (χ0) is 43.8. The number of likely N-dealkylation sites (tertiary alicyclic amines) is 3. The molecule has 0 radical (unpaired) electrons. The molecule has 1 atom stereocenters. The van der Waals surface area contributed by atoms with Crippen LogP contribution in [0.3, 0.4) is 0 Å². The molecule has 0 spiro atoms. The van der Waals surface area contributed by atoms with Crippen LogP contribution in [0.2, 0.25) is 0 Å². The third kappa shape index (κ3) is 11.1. The summed E-state index contributed by atoms with van der Waals surface area (Å²) in [6.45, 7) is 8.18. The number of carbonyl (C=O) groups is 5. The fraction of sp³-hybridized carbons (Fsp3) is 0.521. The smallest absolute Gasteiger partial charge is 0.410 e. The van der Waals surface area contributed by atoms with E-state index in [9.17, 15) is 24.0 Å². The maximum Gasteiger partial charge on any atom is 0.410 e. The van der Waals surface area contributed by atoms with Crippen LogP contribution < -0.4 is 10.1 Å². The van der Waals surface area contributed by atoms with E-state index in [2.05, 4.69) is 10.2 Å². The highest BCUT2D eigenvalue weighted by Crippen LogP contribution is 2.30. The predicted octanol–water partition coefficient (Wildman–Crippen LogP) is 5.82. The largest absolute Gasteiger partial charge is 0.488 e. The first kappa shape index (κ1) is 44.4. The van der Waals surface area contributed by atoms with Crippen molar-refractivity contribution in [3.63, 3.8) is 0 Å². The number of urea groups is 1. The minimum atomic E-state index is -1.03. The van der Waals surface area contributed by atoms with Crippen molar-refractivity contribution >= 4 is 35.6 Å². The van der Waals surface area contributed by atoms with Crippen molar-refractivity contribution in [2.24, 2.45) is 5.92 Å². The lowest BCUT2D eigenvalue weighted by Gasteiger charge is -2.42. The molecule has 1 N–H and O–H groups in total. The molecule has 0 bridgehead atoms. The number of para-hydroxylation sites is 1. The molecule has 4 aliphatic heterocycles. The zero-order valence-corrected chi connectivity index (χ0v) is 36.7. The Morgan fingerprint density at radius 1 is 0.758 bits per heavy atom. The molecule has 14 heteroatoms. The number of hydrogen-bond donors (Lipinski definition) is 1. The first-order chi connectivity index (χ1) is 29.9. The number of hydrogen-bond acceptors (Lipinski definition) is 9. The van der Waals surface area contributed by atoms with Gasteiger partial charge in [0, 0.05) is 71.0 Å². The molecule has 4 heterocycles. The number of benzene rings is 3. The van der Waals surface area contributed by atoms with Crippen LogP contribution in [0.25, 0.3) is 0 Å². The molecule has 0 aliphatic carbocycles. The lowest BCUT2D eigenvalue weighted by atomic mass is 9.93. The molecule has 0 aromatic heterocycles. The number of rotatable bonds is 12. The second-order valence-electron chi connectivity index (χ2n) is 17.4. The Morgan fingerprint density at radius 2 is 1.39 bits per heavy atom. The Kier molecular flexibility index (Phi) is 14.7. The molecule has 0 unspecified atom stereocenters. The number of aryl methyl sites for hydroxylation is 2. The molecular weight excluding hydrogens is 789 g/mol. The summed E-state index contributed by atoms with van der Waals surface area (Å²) in [7, 11) is 3.27. The van der Waals surface area contributed by atoms with Crippen LogP contribution in [0.5, 0.6) is 5.75 Å². The van der Waals surface area contributed by atoms with Crippen LogP contribution in [0.4, 0.5) is 15.3 Å². The van der Waals surface area contributed by atoms with Gasteiger partial charge in [0.2, 0.25) is 0 Å². The minimum absolute atomic E-state index is 0.0148. The van der Waals surface area contributed by atoms with Gasteiger partial charge in [-0.3, -0.25) is 14.4 Å². The normalized spacial score (nSPS) is 18.6. The van der Waals surface area contributed by atoms with Crippen LogP contribution in [-0.2, 0) is 43.3 Å². The number of fused-ring (bicyclic) bond motifs is 1. The molecule has 3 saturated heterocycles. The molecule has 7 rings (SSSR count). The summed E-state index contributed by atoms with van der Waals surface area (Å²) >= 11 is 0. The Balaban J connectivity index is 0.970. The third-order valence-corrected chi connectivity index (χ3v) is 13.0. The standard InChI is InChI=1S/C48H62N6O8/c1-33-28-36(29-34(2)44(33)60-31-35-10-6-5-7-11-35)30-42(62-48(59)53-25-19-40(20-26-53)54-27-16-37-12-8-9-13-41(37)49-47(54)58)45(56)52-23-17-39(18-24-52)51-21-14-38(15-22-51)46(57)61-32-43(55)50(3)4/h5-13,28-29,38-40,42H,14-27,30-32H2,1-4H3,(H,49,58)/t42-/m1/s1. The molecule has 4 aliphatic rings. The topological polar surface area (TPSA) is 141 Å². The van der Waals surface area contributed by atoms with E-state index >= 15 is 0 Å². The third-order valence-electron chi connectivity index (χ3n) is 13.0. The summed E-state index contributed by atoms with van der Waals surface area (Å²) in [4.78, 5) is 75.4. The van der Waals surface area contributed by atoms with Crippen LogP contribution in [0.15, 0.2) is 66.7 Å². The first-order valence-electron chi connectivity index (χ1n) is 22.2. The SMILES string of the molecule is Cc1cc(C[C@@H](OC(=O)N2CCC(N3CCc4ccccc4NC3=O)CC2)C(=O)N2CCC(N3CCC(C(=O)OCC(=O)N(C)C)CC3)CC2)cc(C)c1OCc1ccccc1. The molecule has 3 aromatic carbocycles. The quantitative estimate of drug-likeness (QED) is 0.223. The van der Waals surface area contributed by atoms with Crippen molar-refractivity contribution in [2.75, 3.05) is 71.8 Å². The van der Waals surface area contributed by atoms with Crippen LogP contribution in [-0.4, -0.2) is 139 Å². The van der Waals surface area contributed by atoms with E-state index in [0.29, 0.717) is 65.0 Å². The average molecular weight is 851 g/mol. The molecule has 62 heavy (non-hydrogen) atoms. The maximum atomic E-state index is 14.5. The van der Waals surface area contributed by atoms with Crippen molar-refractivity contribution in [1.82, 2.24) is 24.5 Å². The van der Waals surface area contributed by atoms with E-state index in [0.717, 1.165) is 71.6 Å². The summed E-state index contributed by atoms with van der Waals surface area (Å²) in [6.07, 6.45) is 3.53. The Morgan fingerprint density at radius 3 is 2.06 bits per heavy atom. The maximum absolute atomic E-state index is 14.5. The van der Waals surface area contributed by atoms with Gasteiger partial charge >= 0.3 is 18.1 Å². The molecular formula is C48H62N6O8. The number of amides is 5. The number of likely N-dealkylation sites (N-methyl/N-ethyl adjacent to an activating group) is 1. The highest BCUT2D eigenvalue weighted by Gasteiger charge is 2.37. The number of esters is 1. The molecule has 332 valence electrons. The van der Waals surface area contributed by atoms with Gasteiger partial charge in [-0.25, -0.2) is 9.59 Å². The van der Waals surface area contributed by atoms with Crippen molar-refractivity contribution in [3.8, 4) is 5.75 Å². The summed E-state index contributed by atoms with van der Waals surface area (Å²) in [6, 6.07) is 22.0. The average Bonchev–Trinajstić information content (AvgIpc) is 3.45. The lowest BCUT2D eigenvalue weighted by Crippen LogP contribution is -2.53. The van der Waals surface area contributed by atoms with E-state index in [1.54, 1.807) is 19.0 Å². The number of carbonyl (C=O) groups excluding carboxylic acids is 5. The summed E-state index contributed by atoms with van der Waals surface area (Å²) in [5, 5.41) is 3.06. The molecule has 3 aromatic rings.